The van der Waals surface area contributed by atoms with Gasteiger partial charge in [-0.3, -0.25) is 14.3 Å². The van der Waals surface area contributed by atoms with Crippen LogP contribution in [0.2, 0.25) is 36.3 Å². The molecule has 1 rings (SSSR count). The Hall–Kier alpha value is -1.01. The van der Waals surface area contributed by atoms with Gasteiger partial charge in [-0.15, -0.1) is 0 Å². The summed E-state index contributed by atoms with van der Waals surface area (Å²) >= 11 is 0. The second-order valence-electron chi connectivity index (χ2n) is 10.9. The monoisotopic (exact) mass is 458 g/mol. The van der Waals surface area contributed by atoms with Gasteiger partial charge in [0.05, 0.1) is 12.7 Å². The van der Waals surface area contributed by atoms with Crippen molar-refractivity contribution in [1.82, 2.24) is 9.55 Å². The summed E-state index contributed by atoms with van der Waals surface area (Å²) < 4.78 is 20.0. The average molecular weight is 459 g/mol. The molecule has 0 saturated heterocycles. The highest BCUT2D eigenvalue weighted by molar-refractivity contribution is 6.75. The van der Waals surface area contributed by atoms with Gasteiger partial charge in [0.15, 0.2) is 16.6 Å². The first-order valence-electron chi connectivity index (χ1n) is 10.6. The van der Waals surface area contributed by atoms with Crippen LogP contribution >= 0.6 is 0 Å². The number of hydrogen-bond acceptors (Lipinski definition) is 5. The zero-order chi connectivity index (χ0) is 23.5. The van der Waals surface area contributed by atoms with Gasteiger partial charge < -0.3 is 13.6 Å². The summed E-state index contributed by atoms with van der Waals surface area (Å²) in [4.78, 5) is 25.6. The molecule has 1 aromatic heterocycles. The Labute approximate surface area is 183 Å². The lowest BCUT2D eigenvalue weighted by Gasteiger charge is -2.44. The number of H-pyrrole nitrogens is 1. The minimum atomic E-state index is -2.09. The van der Waals surface area contributed by atoms with Crippen LogP contribution in [0.25, 0.3) is 0 Å². The van der Waals surface area contributed by atoms with Crippen molar-refractivity contribution in [2.75, 3.05) is 13.2 Å². The third kappa shape index (κ3) is 7.01. The van der Waals surface area contributed by atoms with Crippen molar-refractivity contribution in [2.24, 2.45) is 0 Å². The molecule has 1 N–H and O–H groups in total. The van der Waals surface area contributed by atoms with E-state index in [4.69, 9.17) is 13.6 Å². The first-order valence-corrected chi connectivity index (χ1v) is 16.4. The number of rotatable bonds is 10. The van der Waals surface area contributed by atoms with Crippen molar-refractivity contribution in [2.45, 2.75) is 97.6 Å². The number of ether oxygens (including phenoxy) is 1. The molecule has 0 bridgehead atoms. The molecule has 0 aliphatic heterocycles. The fourth-order valence-corrected chi connectivity index (χ4v) is 5.00. The van der Waals surface area contributed by atoms with Gasteiger partial charge in [0.2, 0.25) is 0 Å². The van der Waals surface area contributed by atoms with Crippen LogP contribution in [0.15, 0.2) is 15.8 Å². The van der Waals surface area contributed by atoms with E-state index in [1.807, 2.05) is 6.92 Å². The van der Waals surface area contributed by atoms with E-state index in [9.17, 15) is 9.59 Å². The highest BCUT2D eigenvalue weighted by Gasteiger charge is 2.45. The molecule has 174 valence electrons. The predicted molar refractivity (Wildman–Crippen MR) is 127 cm³/mol. The molecule has 1 atom stereocenters. The molecule has 30 heavy (non-hydrogen) atoms. The Morgan fingerprint density at radius 3 is 2.13 bits per heavy atom. The summed E-state index contributed by atoms with van der Waals surface area (Å²) in [6.07, 6.45) is 1.32. The minimum Gasteiger partial charge on any atom is -0.416 e. The summed E-state index contributed by atoms with van der Waals surface area (Å²) in [5, 5.41) is 0.116. The second-order valence-corrected chi connectivity index (χ2v) is 20.4. The molecular weight excluding hydrogens is 416 g/mol. The van der Waals surface area contributed by atoms with Crippen molar-refractivity contribution in [1.29, 1.82) is 0 Å². The largest absolute Gasteiger partial charge is 0.416 e. The van der Waals surface area contributed by atoms with Gasteiger partial charge in [-0.1, -0.05) is 34.6 Å². The molecule has 0 aromatic carbocycles. The van der Waals surface area contributed by atoms with E-state index in [0.717, 1.165) is 0 Å². The zero-order valence-electron chi connectivity index (χ0n) is 20.8. The van der Waals surface area contributed by atoms with Crippen LogP contribution < -0.4 is 11.2 Å². The van der Waals surface area contributed by atoms with Crippen LogP contribution in [0, 0.1) is 6.92 Å². The Morgan fingerprint density at radius 1 is 1.03 bits per heavy atom. The average Bonchev–Trinajstić information content (AvgIpc) is 2.59. The van der Waals surface area contributed by atoms with Crippen LogP contribution in [0.3, 0.4) is 0 Å². The van der Waals surface area contributed by atoms with Crippen LogP contribution in [0.4, 0.5) is 0 Å². The molecule has 0 amide bonds. The molecule has 9 heteroatoms. The second kappa shape index (κ2) is 9.64. The van der Waals surface area contributed by atoms with E-state index in [1.165, 1.54) is 10.8 Å². The summed E-state index contributed by atoms with van der Waals surface area (Å²) in [7, 11) is -3.91. The molecule has 0 aliphatic rings. The van der Waals surface area contributed by atoms with Gasteiger partial charge >= 0.3 is 5.69 Å². The van der Waals surface area contributed by atoms with Crippen molar-refractivity contribution >= 4 is 16.6 Å². The van der Waals surface area contributed by atoms with Crippen LogP contribution in [0.5, 0.6) is 0 Å². The predicted octanol–water partition coefficient (Wildman–Crippen LogP) is 4.23. The number of hydrogen-bond donors (Lipinski definition) is 1. The molecule has 7 nitrogen and oxygen atoms in total. The molecule has 1 unspecified atom stereocenters. The third-order valence-corrected chi connectivity index (χ3v) is 15.4. The van der Waals surface area contributed by atoms with E-state index in [-0.39, 0.29) is 28.5 Å². The normalized spacial score (nSPS) is 14.8. The van der Waals surface area contributed by atoms with Crippen molar-refractivity contribution in [3.8, 4) is 0 Å². The summed E-state index contributed by atoms with van der Waals surface area (Å²) in [5.74, 6) is 0. The Bertz CT molecular complexity index is 822. The molecule has 0 aliphatic carbocycles. The van der Waals surface area contributed by atoms with Crippen molar-refractivity contribution < 1.29 is 13.6 Å². The fraction of sp³-hybridized carbons (Fsp3) is 0.810. The van der Waals surface area contributed by atoms with Gasteiger partial charge in [0, 0.05) is 23.4 Å². The van der Waals surface area contributed by atoms with E-state index in [1.54, 1.807) is 6.92 Å². The smallest absolute Gasteiger partial charge is 0.330 e. The minimum absolute atomic E-state index is 0.0603. The maximum atomic E-state index is 11.9. The van der Waals surface area contributed by atoms with Gasteiger partial charge in [-0.25, -0.2) is 4.79 Å². The molecule has 0 radical (unpaired) electrons. The number of aryl methyl sites for hydroxylation is 1. The summed E-state index contributed by atoms with van der Waals surface area (Å²) in [5.41, 5.74) is -0.376. The lowest BCUT2D eigenvalue weighted by Crippen LogP contribution is -2.49. The first-order chi connectivity index (χ1) is 13.4. The molecule has 1 aromatic rings. The van der Waals surface area contributed by atoms with Gasteiger partial charge in [0.25, 0.3) is 5.56 Å². The summed E-state index contributed by atoms with van der Waals surface area (Å²) in [6, 6.07) is 0. The number of aromatic nitrogens is 2. The van der Waals surface area contributed by atoms with Crippen LogP contribution in [-0.2, 0) is 20.3 Å². The molecule has 0 fully saturated rings. The Balaban J connectivity index is 2.65. The first kappa shape index (κ1) is 27.0. The lowest BCUT2D eigenvalue weighted by atomic mass is 10.2. The summed E-state index contributed by atoms with van der Waals surface area (Å²) in [6.45, 7) is 24.9. The number of aromatic amines is 1. The van der Waals surface area contributed by atoms with Crippen molar-refractivity contribution in [3.63, 3.8) is 0 Å². The Morgan fingerprint density at radius 2 is 1.60 bits per heavy atom. The standard InChI is InChI=1S/C21H42N2O5Si2/c1-16-12-23(19(25)22-18(16)24)15-26-17(2)13-27-30(10,11)21(6,7)14-28-29(8,9)20(3,4)5/h12,17H,13-15H2,1-11H3,(H,22,24,25). The number of nitrogens with zero attached hydrogens (tertiary/aromatic N) is 1. The van der Waals surface area contributed by atoms with E-state index in [2.05, 4.69) is 65.8 Å². The molecular formula is C21H42N2O5Si2. The zero-order valence-corrected chi connectivity index (χ0v) is 22.8. The maximum Gasteiger partial charge on any atom is 0.330 e. The lowest BCUT2D eigenvalue weighted by molar-refractivity contribution is -0.0124. The van der Waals surface area contributed by atoms with Gasteiger partial charge in [-0.05, 0) is 45.1 Å². The van der Waals surface area contributed by atoms with Gasteiger partial charge in [0.1, 0.15) is 6.73 Å². The maximum absolute atomic E-state index is 11.9. The highest BCUT2D eigenvalue weighted by atomic mass is 28.4. The third-order valence-electron chi connectivity index (χ3n) is 6.60. The fourth-order valence-electron chi connectivity index (χ4n) is 2.24. The quantitative estimate of drug-likeness (QED) is 0.531. The SMILES string of the molecule is Cc1cn(COC(C)CO[Si](C)(C)C(C)(C)CO[Si](C)(C)C(C)(C)C)c(=O)[nH]c1=O. The number of nitrogens with one attached hydrogen (secondary N) is 1. The highest BCUT2D eigenvalue weighted by Crippen LogP contribution is 2.42. The van der Waals surface area contributed by atoms with Crippen molar-refractivity contribution in [3.05, 3.63) is 32.6 Å². The molecule has 1 heterocycles. The Kier molecular flexibility index (Phi) is 8.69. The van der Waals surface area contributed by atoms with E-state index in [0.29, 0.717) is 18.8 Å². The van der Waals surface area contributed by atoms with Crippen LogP contribution in [-0.4, -0.2) is 45.5 Å². The van der Waals surface area contributed by atoms with E-state index < -0.39 is 22.3 Å². The topological polar surface area (TPSA) is 82.6 Å². The van der Waals surface area contributed by atoms with E-state index >= 15 is 0 Å². The molecule has 0 spiro atoms. The molecule has 0 saturated carbocycles. The van der Waals surface area contributed by atoms with Gasteiger partial charge in [-0.2, -0.15) is 0 Å². The van der Waals surface area contributed by atoms with Crippen LogP contribution in [0.1, 0.15) is 47.1 Å².